The standard InChI is InChI=1S/C58H36O/c1-3-18-39(19-4-1)57(40-20-5-2-6-21-40)51-34-32-37-17-7-8-22-41(37)55(51)46-33-31-38(35-52(46)57)47-36-53-56(45-26-10-9-23-42(45)47)59-54-30-16-15-29-50(54)58(53)48-27-13-11-24-43(48)44-25-12-14-28-49(44)58/h1-36H. The van der Waals surface area contributed by atoms with E-state index < -0.39 is 10.8 Å². The molecular weight excluding hydrogens is 713 g/mol. The van der Waals surface area contributed by atoms with Gasteiger partial charge < -0.3 is 4.74 Å². The third kappa shape index (κ3) is 4.14. The van der Waals surface area contributed by atoms with Crippen LogP contribution < -0.4 is 4.74 Å². The summed E-state index contributed by atoms with van der Waals surface area (Å²) in [4.78, 5) is 0. The Morgan fingerprint density at radius 1 is 0.305 bits per heavy atom. The molecule has 0 saturated carbocycles. The fraction of sp³-hybridized carbons (Fsp3) is 0.0345. The van der Waals surface area contributed by atoms with Crippen molar-refractivity contribution in [2.45, 2.75) is 10.8 Å². The summed E-state index contributed by atoms with van der Waals surface area (Å²) in [6.07, 6.45) is 0. The van der Waals surface area contributed by atoms with Crippen LogP contribution in [0.5, 0.6) is 11.5 Å². The Bertz CT molecular complexity index is 3270. The zero-order valence-electron chi connectivity index (χ0n) is 32.2. The second-order valence-electron chi connectivity index (χ2n) is 16.2. The van der Waals surface area contributed by atoms with E-state index in [-0.39, 0.29) is 0 Å². The molecule has 3 aliphatic rings. The van der Waals surface area contributed by atoms with Crippen molar-refractivity contribution < 1.29 is 4.74 Å². The number of fused-ring (bicyclic) bond motifs is 16. The maximum absolute atomic E-state index is 7.10. The minimum absolute atomic E-state index is 0.538. The Morgan fingerprint density at radius 2 is 0.881 bits per heavy atom. The van der Waals surface area contributed by atoms with Crippen LogP contribution in [0.2, 0.25) is 0 Å². The number of para-hydroxylation sites is 1. The predicted molar refractivity (Wildman–Crippen MR) is 242 cm³/mol. The molecule has 10 aromatic rings. The SMILES string of the molecule is c1ccc(C2(c3ccccc3)c3cc(-c4cc5c(c6ccccc46)Oc4ccccc4C54c5ccccc5-c5ccccc54)ccc3-c3c2ccc2ccccc32)cc1. The number of benzene rings is 10. The van der Waals surface area contributed by atoms with E-state index in [0.717, 1.165) is 16.9 Å². The molecule has 0 bridgehead atoms. The van der Waals surface area contributed by atoms with Crippen molar-refractivity contribution in [1.82, 2.24) is 0 Å². The Hall–Kier alpha value is -7.48. The summed E-state index contributed by atoms with van der Waals surface area (Å²) in [7, 11) is 0. The van der Waals surface area contributed by atoms with Gasteiger partial charge in [0.2, 0.25) is 0 Å². The summed E-state index contributed by atoms with van der Waals surface area (Å²) >= 11 is 0. The molecule has 2 aliphatic carbocycles. The first-order valence-corrected chi connectivity index (χ1v) is 20.6. The van der Waals surface area contributed by atoms with Crippen molar-refractivity contribution in [2.75, 3.05) is 0 Å². The molecule has 0 atom stereocenters. The van der Waals surface area contributed by atoms with Crippen LogP contribution in [0.1, 0.15) is 44.5 Å². The molecule has 1 spiro atoms. The Labute approximate surface area is 343 Å². The zero-order valence-corrected chi connectivity index (χ0v) is 32.2. The highest BCUT2D eigenvalue weighted by Gasteiger charge is 2.52. The van der Waals surface area contributed by atoms with E-state index >= 15 is 0 Å². The molecule has 274 valence electrons. The van der Waals surface area contributed by atoms with Gasteiger partial charge in [0, 0.05) is 16.5 Å². The van der Waals surface area contributed by atoms with Crippen LogP contribution in [0.25, 0.3) is 54.9 Å². The van der Waals surface area contributed by atoms with Gasteiger partial charge in [-0.2, -0.15) is 0 Å². The highest BCUT2D eigenvalue weighted by molar-refractivity contribution is 6.07. The molecule has 0 N–H and O–H groups in total. The van der Waals surface area contributed by atoms with Crippen molar-refractivity contribution in [3.05, 3.63) is 263 Å². The molecule has 1 aliphatic heterocycles. The van der Waals surface area contributed by atoms with Gasteiger partial charge in [0.1, 0.15) is 11.5 Å². The lowest BCUT2D eigenvalue weighted by Gasteiger charge is -2.40. The molecule has 0 radical (unpaired) electrons. The van der Waals surface area contributed by atoms with E-state index in [1.54, 1.807) is 0 Å². The first-order valence-electron chi connectivity index (χ1n) is 20.6. The largest absolute Gasteiger partial charge is 0.456 e. The minimum Gasteiger partial charge on any atom is -0.456 e. The number of rotatable bonds is 3. The van der Waals surface area contributed by atoms with Crippen LogP contribution in [0, 0.1) is 0 Å². The molecular formula is C58H36O. The molecule has 1 heteroatoms. The second kappa shape index (κ2) is 12.0. The fourth-order valence-corrected chi connectivity index (χ4v) is 11.3. The normalized spacial score (nSPS) is 14.5. The third-order valence-corrected chi connectivity index (χ3v) is 13.6. The molecule has 0 saturated heterocycles. The van der Waals surface area contributed by atoms with Crippen LogP contribution in [0.4, 0.5) is 0 Å². The van der Waals surface area contributed by atoms with Crippen molar-refractivity contribution >= 4 is 21.5 Å². The molecule has 13 rings (SSSR count). The highest BCUT2D eigenvalue weighted by atomic mass is 16.5. The van der Waals surface area contributed by atoms with Gasteiger partial charge in [-0.25, -0.2) is 0 Å². The van der Waals surface area contributed by atoms with Crippen molar-refractivity contribution in [3.63, 3.8) is 0 Å². The summed E-state index contributed by atoms with van der Waals surface area (Å²) in [5.74, 6) is 1.83. The average molecular weight is 749 g/mol. The highest BCUT2D eigenvalue weighted by Crippen LogP contribution is 2.64. The van der Waals surface area contributed by atoms with Crippen LogP contribution in [-0.2, 0) is 10.8 Å². The summed E-state index contributed by atoms with van der Waals surface area (Å²) < 4.78 is 7.10. The lowest BCUT2D eigenvalue weighted by molar-refractivity contribution is 0.442. The Balaban J connectivity index is 1.16. The Morgan fingerprint density at radius 3 is 1.59 bits per heavy atom. The minimum atomic E-state index is -0.570. The topological polar surface area (TPSA) is 9.23 Å². The predicted octanol–water partition coefficient (Wildman–Crippen LogP) is 14.5. The number of hydrogen-bond donors (Lipinski definition) is 0. The van der Waals surface area contributed by atoms with E-state index in [9.17, 15) is 0 Å². The molecule has 1 heterocycles. The quantitative estimate of drug-likeness (QED) is 0.175. The van der Waals surface area contributed by atoms with Gasteiger partial charge in [-0.3, -0.25) is 0 Å². The first-order chi connectivity index (χ1) is 29.3. The average Bonchev–Trinajstić information content (AvgIpc) is 3.78. The second-order valence-corrected chi connectivity index (χ2v) is 16.2. The summed E-state index contributed by atoms with van der Waals surface area (Å²) in [6.45, 7) is 0. The molecule has 10 aromatic carbocycles. The first kappa shape index (κ1) is 32.6. The van der Waals surface area contributed by atoms with Gasteiger partial charge in [0.05, 0.1) is 10.8 Å². The molecule has 59 heavy (non-hydrogen) atoms. The summed E-state index contributed by atoms with van der Waals surface area (Å²) in [6, 6.07) is 81.1. The van der Waals surface area contributed by atoms with Crippen molar-refractivity contribution in [1.29, 1.82) is 0 Å². The molecule has 0 unspecified atom stereocenters. The van der Waals surface area contributed by atoms with Gasteiger partial charge in [-0.15, -0.1) is 0 Å². The van der Waals surface area contributed by atoms with Crippen LogP contribution in [0.3, 0.4) is 0 Å². The van der Waals surface area contributed by atoms with E-state index in [0.29, 0.717) is 0 Å². The molecule has 0 aromatic heterocycles. The maximum Gasteiger partial charge on any atom is 0.140 e. The Kier molecular flexibility index (Phi) is 6.64. The lowest BCUT2D eigenvalue weighted by Crippen LogP contribution is -2.32. The van der Waals surface area contributed by atoms with Gasteiger partial charge in [0.15, 0.2) is 0 Å². The molecule has 0 fully saturated rings. The number of hydrogen-bond acceptors (Lipinski definition) is 1. The maximum atomic E-state index is 7.10. The monoisotopic (exact) mass is 748 g/mol. The van der Waals surface area contributed by atoms with E-state index in [4.69, 9.17) is 4.74 Å². The third-order valence-electron chi connectivity index (χ3n) is 13.6. The summed E-state index contributed by atoms with van der Waals surface area (Å²) in [5.41, 5.74) is 16.5. The van der Waals surface area contributed by atoms with E-state index in [2.05, 4.69) is 218 Å². The van der Waals surface area contributed by atoms with Crippen molar-refractivity contribution in [3.8, 4) is 44.9 Å². The zero-order chi connectivity index (χ0) is 38.7. The van der Waals surface area contributed by atoms with Gasteiger partial charge >= 0.3 is 0 Å². The summed E-state index contributed by atoms with van der Waals surface area (Å²) in [5, 5.41) is 4.82. The fourth-order valence-electron chi connectivity index (χ4n) is 11.3. The van der Waals surface area contributed by atoms with E-state index in [1.165, 1.54) is 94.0 Å². The molecule has 0 amide bonds. The lowest BCUT2D eigenvalue weighted by atomic mass is 9.65. The van der Waals surface area contributed by atoms with Gasteiger partial charge in [0.25, 0.3) is 0 Å². The number of ether oxygens (including phenoxy) is 1. The van der Waals surface area contributed by atoms with Crippen LogP contribution in [-0.4, -0.2) is 0 Å². The van der Waals surface area contributed by atoms with Gasteiger partial charge in [-0.05, 0) is 101 Å². The smallest absolute Gasteiger partial charge is 0.140 e. The van der Waals surface area contributed by atoms with Crippen LogP contribution in [0.15, 0.2) is 218 Å². The van der Waals surface area contributed by atoms with Crippen molar-refractivity contribution in [2.24, 2.45) is 0 Å². The van der Waals surface area contributed by atoms with Gasteiger partial charge in [-0.1, -0.05) is 200 Å². The van der Waals surface area contributed by atoms with E-state index in [1.807, 2.05) is 0 Å². The van der Waals surface area contributed by atoms with Crippen LogP contribution >= 0.6 is 0 Å². The molecule has 1 nitrogen and oxygen atoms in total.